The molecule has 0 aliphatic heterocycles. The van der Waals surface area contributed by atoms with Crippen molar-refractivity contribution < 1.29 is 9.53 Å². The summed E-state index contributed by atoms with van der Waals surface area (Å²) in [5.74, 6) is 0. The van der Waals surface area contributed by atoms with Gasteiger partial charge in [-0.3, -0.25) is 0 Å². The minimum Gasteiger partial charge on any atom is -0.448 e. The van der Waals surface area contributed by atoms with Crippen molar-refractivity contribution in [1.82, 2.24) is 10.6 Å². The zero-order valence-electron chi connectivity index (χ0n) is 6.85. The Morgan fingerprint density at radius 2 is 2.18 bits per heavy atom. The van der Waals surface area contributed by atoms with Crippen LogP contribution in [-0.4, -0.2) is 32.8 Å². The lowest BCUT2D eigenvalue weighted by atomic mass is 10.7. The number of hydrogen-bond donors (Lipinski definition) is 2. The predicted octanol–water partition coefficient (Wildman–Crippen LogP) is 0.374. The average molecular weight is 183 g/mol. The molecule has 2 N–H and O–H groups in total. The van der Waals surface area contributed by atoms with Gasteiger partial charge >= 0.3 is 6.09 Å². The van der Waals surface area contributed by atoms with Gasteiger partial charge in [0.15, 0.2) is 0 Å². The van der Waals surface area contributed by atoms with Crippen LogP contribution in [0.2, 0.25) is 0 Å². The molecule has 1 amide bonds. The highest BCUT2D eigenvalue weighted by Gasteiger charge is 1.95. The second-order valence-corrected chi connectivity index (χ2v) is 1.77. The molecule has 0 bridgehead atoms. The van der Waals surface area contributed by atoms with Crippen molar-refractivity contribution in [1.29, 1.82) is 0 Å². The standard InChI is InChI=1S/C6H14N2O2.ClH/c1-3-8-6(9)10-5-4-7-2;/h7H,3-5H2,1-2H3,(H,8,9);1H. The summed E-state index contributed by atoms with van der Waals surface area (Å²) in [6.07, 6.45) is -0.349. The Hall–Kier alpha value is -0.480. The number of carbonyl (C=O) groups excluding carboxylic acids is 1. The molecular formula is C6H15ClN2O2. The van der Waals surface area contributed by atoms with E-state index in [0.29, 0.717) is 19.7 Å². The summed E-state index contributed by atoms with van der Waals surface area (Å²) in [4.78, 5) is 10.6. The van der Waals surface area contributed by atoms with E-state index in [1.54, 1.807) is 7.05 Å². The maximum absolute atomic E-state index is 10.6. The normalized spacial score (nSPS) is 8.18. The Morgan fingerprint density at radius 1 is 1.55 bits per heavy atom. The first-order valence-electron chi connectivity index (χ1n) is 3.36. The second kappa shape index (κ2) is 9.52. The van der Waals surface area contributed by atoms with E-state index in [4.69, 9.17) is 4.74 Å². The molecule has 0 spiro atoms. The van der Waals surface area contributed by atoms with Crippen molar-refractivity contribution in [3.8, 4) is 0 Å². The number of alkyl carbamates (subject to hydrolysis) is 1. The van der Waals surface area contributed by atoms with Gasteiger partial charge in [0.2, 0.25) is 0 Å². The Kier molecular flexibility index (Phi) is 11.4. The number of rotatable bonds is 4. The van der Waals surface area contributed by atoms with Gasteiger partial charge in [-0.15, -0.1) is 12.4 Å². The Labute approximate surface area is 73.1 Å². The van der Waals surface area contributed by atoms with Crippen LogP contribution in [0, 0.1) is 0 Å². The Morgan fingerprint density at radius 3 is 2.64 bits per heavy atom. The SMILES string of the molecule is CCNC(=O)OCCNC.Cl. The fourth-order valence-electron chi connectivity index (χ4n) is 0.441. The molecule has 0 fully saturated rings. The average Bonchev–Trinajstić information content (AvgIpc) is 1.89. The van der Waals surface area contributed by atoms with Gasteiger partial charge in [-0.05, 0) is 14.0 Å². The van der Waals surface area contributed by atoms with E-state index in [0.717, 1.165) is 0 Å². The third kappa shape index (κ3) is 9.52. The number of carbonyl (C=O) groups is 1. The molecule has 0 aromatic heterocycles. The summed E-state index contributed by atoms with van der Waals surface area (Å²) < 4.78 is 4.71. The van der Waals surface area contributed by atoms with Crippen LogP contribution in [0.15, 0.2) is 0 Å². The van der Waals surface area contributed by atoms with Gasteiger partial charge in [0.25, 0.3) is 0 Å². The molecule has 4 nitrogen and oxygen atoms in total. The van der Waals surface area contributed by atoms with Crippen LogP contribution < -0.4 is 10.6 Å². The van der Waals surface area contributed by atoms with Crippen LogP contribution in [0.3, 0.4) is 0 Å². The van der Waals surface area contributed by atoms with Gasteiger partial charge < -0.3 is 15.4 Å². The number of amides is 1. The molecule has 11 heavy (non-hydrogen) atoms. The summed E-state index contributed by atoms with van der Waals surface area (Å²) in [6, 6.07) is 0. The summed E-state index contributed by atoms with van der Waals surface area (Å²) in [6.45, 7) is 3.57. The van der Waals surface area contributed by atoms with Gasteiger partial charge in [0.05, 0.1) is 0 Å². The van der Waals surface area contributed by atoms with Gasteiger partial charge in [-0.1, -0.05) is 0 Å². The minimum absolute atomic E-state index is 0. The summed E-state index contributed by atoms with van der Waals surface area (Å²) >= 11 is 0. The fourth-order valence-corrected chi connectivity index (χ4v) is 0.441. The van der Waals surface area contributed by atoms with Crippen LogP contribution in [0.4, 0.5) is 4.79 Å². The molecule has 0 saturated heterocycles. The molecule has 0 radical (unpaired) electrons. The van der Waals surface area contributed by atoms with Crippen LogP contribution >= 0.6 is 12.4 Å². The number of likely N-dealkylation sites (N-methyl/N-ethyl adjacent to an activating group) is 1. The van der Waals surface area contributed by atoms with Crippen molar-refractivity contribution in [3.63, 3.8) is 0 Å². The number of nitrogens with one attached hydrogen (secondary N) is 2. The van der Waals surface area contributed by atoms with Gasteiger partial charge in [-0.2, -0.15) is 0 Å². The highest BCUT2D eigenvalue weighted by molar-refractivity contribution is 5.85. The molecule has 0 aliphatic carbocycles. The molecule has 68 valence electrons. The lowest BCUT2D eigenvalue weighted by Gasteiger charge is -2.03. The predicted molar refractivity (Wildman–Crippen MR) is 46.2 cm³/mol. The molecule has 0 saturated carbocycles. The Balaban J connectivity index is 0. The smallest absolute Gasteiger partial charge is 0.407 e. The summed E-state index contributed by atoms with van der Waals surface area (Å²) in [7, 11) is 1.81. The zero-order chi connectivity index (χ0) is 7.82. The van der Waals surface area contributed by atoms with Crippen LogP contribution in [0.5, 0.6) is 0 Å². The third-order valence-corrected chi connectivity index (χ3v) is 0.906. The molecule has 0 aromatic carbocycles. The van der Waals surface area contributed by atoms with E-state index in [-0.39, 0.29) is 18.5 Å². The molecule has 0 rings (SSSR count). The first kappa shape index (κ1) is 13.1. The first-order chi connectivity index (χ1) is 4.81. The molecule has 0 aromatic rings. The third-order valence-electron chi connectivity index (χ3n) is 0.906. The maximum atomic E-state index is 10.6. The van der Waals surface area contributed by atoms with Crippen molar-refractivity contribution in [3.05, 3.63) is 0 Å². The van der Waals surface area contributed by atoms with Crippen LogP contribution in [0.1, 0.15) is 6.92 Å². The molecular weight excluding hydrogens is 168 g/mol. The summed E-state index contributed by atoms with van der Waals surface area (Å²) in [5, 5.41) is 5.38. The first-order valence-corrected chi connectivity index (χ1v) is 3.36. The van der Waals surface area contributed by atoms with Crippen molar-refractivity contribution in [2.75, 3.05) is 26.7 Å². The number of hydrogen-bond acceptors (Lipinski definition) is 3. The molecule has 0 unspecified atom stereocenters. The van der Waals surface area contributed by atoms with E-state index in [1.165, 1.54) is 0 Å². The van der Waals surface area contributed by atoms with Gasteiger partial charge in [-0.25, -0.2) is 4.79 Å². The lowest BCUT2D eigenvalue weighted by molar-refractivity contribution is 0.148. The molecule has 0 atom stereocenters. The number of ether oxygens (including phenoxy) is 1. The van der Waals surface area contributed by atoms with E-state index in [9.17, 15) is 4.79 Å². The highest BCUT2D eigenvalue weighted by Crippen LogP contribution is 1.74. The minimum atomic E-state index is -0.349. The number of halogens is 1. The topological polar surface area (TPSA) is 50.4 Å². The second-order valence-electron chi connectivity index (χ2n) is 1.77. The molecule has 0 aliphatic rings. The maximum Gasteiger partial charge on any atom is 0.407 e. The molecule has 5 heteroatoms. The molecule has 0 heterocycles. The van der Waals surface area contributed by atoms with E-state index in [2.05, 4.69) is 10.6 Å². The fraction of sp³-hybridized carbons (Fsp3) is 0.833. The van der Waals surface area contributed by atoms with Crippen LogP contribution in [0.25, 0.3) is 0 Å². The van der Waals surface area contributed by atoms with E-state index < -0.39 is 0 Å². The zero-order valence-corrected chi connectivity index (χ0v) is 7.66. The van der Waals surface area contributed by atoms with E-state index in [1.807, 2.05) is 6.92 Å². The monoisotopic (exact) mass is 182 g/mol. The van der Waals surface area contributed by atoms with E-state index >= 15 is 0 Å². The van der Waals surface area contributed by atoms with Crippen molar-refractivity contribution in [2.24, 2.45) is 0 Å². The van der Waals surface area contributed by atoms with Gasteiger partial charge in [0.1, 0.15) is 6.61 Å². The Bertz CT molecular complexity index is 101. The quantitative estimate of drug-likeness (QED) is 0.618. The van der Waals surface area contributed by atoms with Crippen molar-refractivity contribution in [2.45, 2.75) is 6.92 Å². The summed E-state index contributed by atoms with van der Waals surface area (Å²) in [5.41, 5.74) is 0. The lowest BCUT2D eigenvalue weighted by Crippen LogP contribution is -2.26. The van der Waals surface area contributed by atoms with Gasteiger partial charge in [0, 0.05) is 13.1 Å². The largest absolute Gasteiger partial charge is 0.448 e. The highest BCUT2D eigenvalue weighted by atomic mass is 35.5. The van der Waals surface area contributed by atoms with Crippen molar-refractivity contribution >= 4 is 18.5 Å². The van der Waals surface area contributed by atoms with Crippen LogP contribution in [-0.2, 0) is 4.74 Å².